The fraction of sp³-hybridized carbons (Fsp3) is 0.389. The second-order valence-corrected chi connectivity index (χ2v) is 6.53. The van der Waals surface area contributed by atoms with Gasteiger partial charge in [0, 0.05) is 28.4 Å². The van der Waals surface area contributed by atoms with Gasteiger partial charge in [0.1, 0.15) is 0 Å². The maximum atomic E-state index is 12.5. The van der Waals surface area contributed by atoms with Gasteiger partial charge in [0.25, 0.3) is 0 Å². The van der Waals surface area contributed by atoms with E-state index in [0.29, 0.717) is 5.75 Å². The molecule has 0 unspecified atom stereocenters. The Morgan fingerprint density at radius 1 is 1.14 bits per heavy atom. The Balaban J connectivity index is 2.12. The first-order chi connectivity index (χ1) is 9.93. The third kappa shape index (κ3) is 3.41. The molecule has 3 heteroatoms. The summed E-state index contributed by atoms with van der Waals surface area (Å²) in [6.45, 7) is 11.3. The fourth-order valence-electron chi connectivity index (χ4n) is 2.75. The third-order valence-electron chi connectivity index (χ3n) is 3.88. The van der Waals surface area contributed by atoms with Crippen molar-refractivity contribution in [2.45, 2.75) is 46.1 Å². The summed E-state index contributed by atoms with van der Waals surface area (Å²) in [5, 5.41) is 0. The van der Waals surface area contributed by atoms with Gasteiger partial charge in [0.05, 0.1) is 5.75 Å². The molecule has 0 aliphatic rings. The molecule has 1 aromatic carbocycles. The van der Waals surface area contributed by atoms with E-state index in [0.717, 1.165) is 23.5 Å². The van der Waals surface area contributed by atoms with E-state index in [9.17, 15) is 4.79 Å². The highest BCUT2D eigenvalue weighted by molar-refractivity contribution is 8.00. The predicted octanol–water partition coefficient (Wildman–Crippen LogP) is 4.72. The molecule has 21 heavy (non-hydrogen) atoms. The highest BCUT2D eigenvalue weighted by Gasteiger charge is 2.15. The van der Waals surface area contributed by atoms with Crippen LogP contribution < -0.4 is 0 Å². The number of benzene rings is 1. The number of nitrogens with zero attached hydrogens (tertiary/aromatic N) is 1. The smallest absolute Gasteiger partial charge is 0.174 e. The third-order valence-corrected chi connectivity index (χ3v) is 5.06. The van der Waals surface area contributed by atoms with Crippen LogP contribution in [0.1, 0.15) is 39.8 Å². The molecule has 0 bridgehead atoms. The quantitative estimate of drug-likeness (QED) is 0.589. The topological polar surface area (TPSA) is 22.0 Å². The van der Waals surface area contributed by atoms with Crippen LogP contribution >= 0.6 is 11.8 Å². The van der Waals surface area contributed by atoms with Crippen molar-refractivity contribution < 1.29 is 4.79 Å². The standard InChI is InChI=1S/C18H23NOS/c1-6-19-14(4)10-16(15(19)5)17(20)11-21-18-8-7-12(2)9-13(18)3/h7-10H,6,11H2,1-5H3. The maximum absolute atomic E-state index is 12.5. The van der Waals surface area contributed by atoms with Crippen molar-refractivity contribution in [2.24, 2.45) is 0 Å². The Morgan fingerprint density at radius 2 is 1.86 bits per heavy atom. The number of thioether (sulfide) groups is 1. The first kappa shape index (κ1) is 15.9. The summed E-state index contributed by atoms with van der Waals surface area (Å²) in [7, 11) is 0. The van der Waals surface area contributed by atoms with Gasteiger partial charge in [-0.3, -0.25) is 4.79 Å². The molecule has 0 atom stereocenters. The molecule has 2 nitrogen and oxygen atoms in total. The molecule has 2 aromatic rings. The van der Waals surface area contributed by atoms with Crippen LogP contribution in [0.4, 0.5) is 0 Å². The zero-order chi connectivity index (χ0) is 15.6. The lowest BCUT2D eigenvalue weighted by Crippen LogP contribution is -2.06. The monoisotopic (exact) mass is 301 g/mol. The number of aryl methyl sites for hydroxylation is 3. The van der Waals surface area contributed by atoms with E-state index >= 15 is 0 Å². The SMILES string of the molecule is CCn1c(C)cc(C(=O)CSc2ccc(C)cc2C)c1C. The van der Waals surface area contributed by atoms with Crippen LogP contribution in [0.5, 0.6) is 0 Å². The van der Waals surface area contributed by atoms with E-state index < -0.39 is 0 Å². The molecule has 2 rings (SSSR count). The molecular formula is C18H23NOS. The first-order valence-corrected chi connectivity index (χ1v) is 8.32. The molecular weight excluding hydrogens is 278 g/mol. The summed E-state index contributed by atoms with van der Waals surface area (Å²) < 4.78 is 2.19. The van der Waals surface area contributed by atoms with Gasteiger partial charge in [0.2, 0.25) is 0 Å². The van der Waals surface area contributed by atoms with Crippen LogP contribution in [0, 0.1) is 27.7 Å². The molecule has 0 aliphatic carbocycles. The van der Waals surface area contributed by atoms with E-state index in [4.69, 9.17) is 0 Å². The Morgan fingerprint density at radius 3 is 2.43 bits per heavy atom. The molecule has 1 heterocycles. The van der Waals surface area contributed by atoms with Gasteiger partial charge in [-0.05, 0) is 52.3 Å². The summed E-state index contributed by atoms with van der Waals surface area (Å²) >= 11 is 1.63. The number of aromatic nitrogens is 1. The Labute approximate surface area is 131 Å². The van der Waals surface area contributed by atoms with Crippen molar-refractivity contribution in [1.82, 2.24) is 4.57 Å². The van der Waals surface area contributed by atoms with Crippen LogP contribution in [0.3, 0.4) is 0 Å². The van der Waals surface area contributed by atoms with Crippen LogP contribution in [-0.4, -0.2) is 16.1 Å². The number of hydrogen-bond donors (Lipinski definition) is 0. The Hall–Kier alpha value is -1.48. The van der Waals surface area contributed by atoms with Crippen molar-refractivity contribution in [3.05, 3.63) is 52.3 Å². The fourth-order valence-corrected chi connectivity index (χ4v) is 3.65. The largest absolute Gasteiger partial charge is 0.349 e. The molecule has 0 radical (unpaired) electrons. The summed E-state index contributed by atoms with van der Waals surface area (Å²) in [4.78, 5) is 13.7. The lowest BCUT2D eigenvalue weighted by Gasteiger charge is -2.07. The zero-order valence-electron chi connectivity index (χ0n) is 13.5. The second-order valence-electron chi connectivity index (χ2n) is 5.51. The number of carbonyl (C=O) groups is 1. The summed E-state index contributed by atoms with van der Waals surface area (Å²) in [5.74, 6) is 0.713. The molecule has 0 spiro atoms. The van der Waals surface area contributed by atoms with Crippen LogP contribution in [0.15, 0.2) is 29.2 Å². The summed E-state index contributed by atoms with van der Waals surface area (Å²) in [5.41, 5.74) is 5.62. The van der Waals surface area contributed by atoms with E-state index in [1.54, 1.807) is 11.8 Å². The van der Waals surface area contributed by atoms with E-state index in [2.05, 4.69) is 50.5 Å². The van der Waals surface area contributed by atoms with Crippen LogP contribution in [-0.2, 0) is 6.54 Å². The molecule has 0 fully saturated rings. The average molecular weight is 301 g/mol. The highest BCUT2D eigenvalue weighted by atomic mass is 32.2. The van der Waals surface area contributed by atoms with E-state index in [1.165, 1.54) is 16.0 Å². The summed E-state index contributed by atoms with van der Waals surface area (Å²) in [6.07, 6.45) is 0. The summed E-state index contributed by atoms with van der Waals surface area (Å²) in [6, 6.07) is 8.39. The minimum atomic E-state index is 0.216. The molecule has 0 N–H and O–H groups in total. The highest BCUT2D eigenvalue weighted by Crippen LogP contribution is 2.25. The minimum Gasteiger partial charge on any atom is -0.349 e. The van der Waals surface area contributed by atoms with Gasteiger partial charge in [-0.15, -0.1) is 11.8 Å². The molecule has 0 saturated heterocycles. The number of Topliss-reactive ketones (excluding diaryl/α,β-unsaturated/α-hetero) is 1. The molecule has 0 aliphatic heterocycles. The van der Waals surface area contributed by atoms with Gasteiger partial charge in [-0.25, -0.2) is 0 Å². The van der Waals surface area contributed by atoms with Gasteiger partial charge in [0.15, 0.2) is 5.78 Å². The normalized spacial score (nSPS) is 10.9. The number of ketones is 1. The number of hydrogen-bond acceptors (Lipinski definition) is 2. The van der Waals surface area contributed by atoms with Crippen molar-refractivity contribution in [2.75, 3.05) is 5.75 Å². The minimum absolute atomic E-state index is 0.216. The molecule has 1 aromatic heterocycles. The van der Waals surface area contributed by atoms with Gasteiger partial charge >= 0.3 is 0 Å². The van der Waals surface area contributed by atoms with Crippen molar-refractivity contribution in [3.8, 4) is 0 Å². The Bertz CT molecular complexity index is 670. The van der Waals surface area contributed by atoms with Crippen molar-refractivity contribution in [3.63, 3.8) is 0 Å². The lowest BCUT2D eigenvalue weighted by molar-refractivity contribution is 0.102. The van der Waals surface area contributed by atoms with E-state index in [-0.39, 0.29) is 5.78 Å². The maximum Gasteiger partial charge on any atom is 0.174 e. The average Bonchev–Trinajstić information content (AvgIpc) is 2.72. The zero-order valence-corrected chi connectivity index (χ0v) is 14.3. The second kappa shape index (κ2) is 6.52. The van der Waals surface area contributed by atoms with Gasteiger partial charge in [-0.2, -0.15) is 0 Å². The molecule has 0 amide bonds. The Kier molecular flexibility index (Phi) is 4.94. The first-order valence-electron chi connectivity index (χ1n) is 7.34. The lowest BCUT2D eigenvalue weighted by atomic mass is 10.2. The number of rotatable bonds is 5. The van der Waals surface area contributed by atoms with Crippen molar-refractivity contribution >= 4 is 17.5 Å². The van der Waals surface area contributed by atoms with Crippen LogP contribution in [0.25, 0.3) is 0 Å². The van der Waals surface area contributed by atoms with Crippen molar-refractivity contribution in [1.29, 1.82) is 0 Å². The number of carbonyl (C=O) groups excluding carboxylic acids is 1. The molecule has 112 valence electrons. The van der Waals surface area contributed by atoms with E-state index in [1.807, 2.05) is 13.0 Å². The van der Waals surface area contributed by atoms with Crippen LogP contribution in [0.2, 0.25) is 0 Å². The predicted molar refractivity (Wildman–Crippen MR) is 90.6 cm³/mol. The van der Waals surface area contributed by atoms with Gasteiger partial charge < -0.3 is 4.57 Å². The molecule has 0 saturated carbocycles. The van der Waals surface area contributed by atoms with Gasteiger partial charge in [-0.1, -0.05) is 17.7 Å².